The van der Waals surface area contributed by atoms with E-state index in [0.29, 0.717) is 12.0 Å². The van der Waals surface area contributed by atoms with Crippen LogP contribution < -0.4 is 5.32 Å². The molecule has 5 nitrogen and oxygen atoms in total. The fourth-order valence-corrected chi connectivity index (χ4v) is 3.95. The molecule has 2 heterocycles. The standard InChI is InChI=1S/C19H28N2O3/c22-18(17-12-23-15-6-2-3-7-16(15)24-17)20-13-19(8-9-19)14-21-10-4-1-5-11-21/h2-3,6-7,15-17H,1,4-5,8-14H2,(H,20,22). The minimum absolute atomic E-state index is 0.0266. The van der Waals surface area contributed by atoms with E-state index >= 15 is 0 Å². The van der Waals surface area contributed by atoms with Crippen molar-refractivity contribution in [3.8, 4) is 0 Å². The second kappa shape index (κ2) is 6.98. The summed E-state index contributed by atoms with van der Waals surface area (Å²) >= 11 is 0. The lowest BCUT2D eigenvalue weighted by Gasteiger charge is -2.35. The summed E-state index contributed by atoms with van der Waals surface area (Å²) in [6.45, 7) is 4.68. The van der Waals surface area contributed by atoms with E-state index in [1.54, 1.807) is 0 Å². The molecule has 3 atom stereocenters. The fraction of sp³-hybridized carbons (Fsp3) is 0.737. The molecule has 0 aromatic carbocycles. The van der Waals surface area contributed by atoms with Crippen molar-refractivity contribution in [2.75, 3.05) is 32.8 Å². The molecule has 1 N–H and O–H groups in total. The van der Waals surface area contributed by atoms with E-state index in [1.807, 2.05) is 24.3 Å². The monoisotopic (exact) mass is 332 g/mol. The van der Waals surface area contributed by atoms with E-state index in [9.17, 15) is 4.79 Å². The first kappa shape index (κ1) is 16.3. The molecule has 3 fully saturated rings. The highest BCUT2D eigenvalue weighted by Gasteiger charge is 2.44. The molecule has 0 radical (unpaired) electrons. The number of rotatable bonds is 5. The molecule has 1 saturated carbocycles. The predicted octanol–water partition coefficient (Wildman–Crippen LogP) is 1.65. The third-order valence-electron chi connectivity index (χ3n) is 5.69. The van der Waals surface area contributed by atoms with Crippen molar-refractivity contribution in [2.24, 2.45) is 5.41 Å². The Hall–Kier alpha value is -1.17. The third kappa shape index (κ3) is 3.73. The van der Waals surface area contributed by atoms with Gasteiger partial charge < -0.3 is 19.7 Å². The predicted molar refractivity (Wildman–Crippen MR) is 91.6 cm³/mol. The van der Waals surface area contributed by atoms with Crippen LogP contribution in [0.5, 0.6) is 0 Å². The molecular weight excluding hydrogens is 304 g/mol. The van der Waals surface area contributed by atoms with Gasteiger partial charge in [0, 0.05) is 18.5 Å². The molecule has 5 heteroatoms. The number of carbonyl (C=O) groups is 1. The molecular formula is C19H28N2O3. The number of nitrogens with zero attached hydrogens (tertiary/aromatic N) is 1. The molecule has 2 aliphatic carbocycles. The summed E-state index contributed by atoms with van der Waals surface area (Å²) in [5.74, 6) is -0.0266. The summed E-state index contributed by atoms with van der Waals surface area (Å²) in [6, 6.07) is 0. The van der Waals surface area contributed by atoms with Gasteiger partial charge in [0.05, 0.1) is 6.61 Å². The highest BCUT2D eigenvalue weighted by atomic mass is 16.6. The number of amides is 1. The average Bonchev–Trinajstić information content (AvgIpc) is 3.40. The Morgan fingerprint density at radius 2 is 1.88 bits per heavy atom. The van der Waals surface area contributed by atoms with Crippen LogP contribution in [0, 0.1) is 5.41 Å². The van der Waals surface area contributed by atoms with E-state index in [-0.39, 0.29) is 18.1 Å². The van der Waals surface area contributed by atoms with Crippen LogP contribution >= 0.6 is 0 Å². The number of carbonyl (C=O) groups excluding carboxylic acids is 1. The number of allylic oxidation sites excluding steroid dienone is 2. The van der Waals surface area contributed by atoms with Crippen LogP contribution in [-0.4, -0.2) is 61.9 Å². The quantitative estimate of drug-likeness (QED) is 0.832. The molecule has 0 bridgehead atoms. The smallest absolute Gasteiger partial charge is 0.251 e. The SMILES string of the molecule is O=C(NCC1(CN2CCCCC2)CC1)C1COC2C=CC=CC2O1. The lowest BCUT2D eigenvalue weighted by Crippen LogP contribution is -2.50. The number of hydrogen-bond acceptors (Lipinski definition) is 4. The zero-order chi connectivity index (χ0) is 16.4. The van der Waals surface area contributed by atoms with E-state index in [4.69, 9.17) is 9.47 Å². The molecule has 4 rings (SSSR count). The average molecular weight is 332 g/mol. The van der Waals surface area contributed by atoms with Crippen LogP contribution in [0.25, 0.3) is 0 Å². The zero-order valence-corrected chi connectivity index (χ0v) is 14.3. The van der Waals surface area contributed by atoms with Crippen LogP contribution in [0.2, 0.25) is 0 Å². The molecule has 0 aromatic rings. The summed E-state index contributed by atoms with van der Waals surface area (Å²) < 4.78 is 11.7. The van der Waals surface area contributed by atoms with Crippen LogP contribution in [0.15, 0.2) is 24.3 Å². The van der Waals surface area contributed by atoms with Gasteiger partial charge in [-0.2, -0.15) is 0 Å². The van der Waals surface area contributed by atoms with Crippen molar-refractivity contribution in [2.45, 2.75) is 50.4 Å². The van der Waals surface area contributed by atoms with Gasteiger partial charge in [-0.3, -0.25) is 4.79 Å². The first-order valence-corrected chi connectivity index (χ1v) is 9.36. The van der Waals surface area contributed by atoms with Gasteiger partial charge in [-0.25, -0.2) is 0 Å². The molecule has 24 heavy (non-hydrogen) atoms. The highest BCUT2D eigenvalue weighted by molar-refractivity contribution is 5.81. The van der Waals surface area contributed by atoms with Gasteiger partial charge in [-0.05, 0) is 38.8 Å². The van der Waals surface area contributed by atoms with Gasteiger partial charge in [0.15, 0.2) is 6.10 Å². The Morgan fingerprint density at radius 1 is 1.12 bits per heavy atom. The topological polar surface area (TPSA) is 50.8 Å². The van der Waals surface area contributed by atoms with Crippen molar-refractivity contribution in [3.63, 3.8) is 0 Å². The van der Waals surface area contributed by atoms with Gasteiger partial charge in [-0.1, -0.05) is 30.7 Å². The Morgan fingerprint density at radius 3 is 2.62 bits per heavy atom. The third-order valence-corrected chi connectivity index (χ3v) is 5.69. The first-order chi connectivity index (χ1) is 11.7. The second-order valence-corrected chi connectivity index (χ2v) is 7.71. The minimum Gasteiger partial charge on any atom is -0.368 e. The Balaban J connectivity index is 1.24. The van der Waals surface area contributed by atoms with Crippen molar-refractivity contribution < 1.29 is 14.3 Å². The number of piperidine rings is 1. The van der Waals surface area contributed by atoms with Crippen molar-refractivity contribution >= 4 is 5.91 Å². The number of hydrogen-bond donors (Lipinski definition) is 1. The number of fused-ring (bicyclic) bond motifs is 1. The highest BCUT2D eigenvalue weighted by Crippen LogP contribution is 2.46. The lowest BCUT2D eigenvalue weighted by atomic mass is 10.0. The van der Waals surface area contributed by atoms with Gasteiger partial charge in [0.2, 0.25) is 0 Å². The summed E-state index contributed by atoms with van der Waals surface area (Å²) in [5, 5.41) is 3.13. The van der Waals surface area contributed by atoms with E-state index < -0.39 is 6.10 Å². The van der Waals surface area contributed by atoms with Crippen molar-refractivity contribution in [3.05, 3.63) is 24.3 Å². The molecule has 3 unspecified atom stereocenters. The lowest BCUT2D eigenvalue weighted by molar-refractivity contribution is -0.168. The molecule has 2 saturated heterocycles. The van der Waals surface area contributed by atoms with Crippen LogP contribution in [0.4, 0.5) is 0 Å². The summed E-state index contributed by atoms with van der Waals surface area (Å²) in [4.78, 5) is 15.0. The molecule has 4 aliphatic rings. The molecule has 2 aliphatic heterocycles. The van der Waals surface area contributed by atoms with Gasteiger partial charge >= 0.3 is 0 Å². The van der Waals surface area contributed by atoms with Crippen molar-refractivity contribution in [1.82, 2.24) is 10.2 Å². The number of nitrogens with one attached hydrogen (secondary N) is 1. The van der Waals surface area contributed by atoms with E-state index in [2.05, 4.69) is 10.2 Å². The largest absolute Gasteiger partial charge is 0.368 e. The van der Waals surface area contributed by atoms with Crippen molar-refractivity contribution in [1.29, 1.82) is 0 Å². The van der Waals surface area contributed by atoms with Gasteiger partial charge in [0.25, 0.3) is 5.91 Å². The first-order valence-electron chi connectivity index (χ1n) is 9.36. The van der Waals surface area contributed by atoms with Gasteiger partial charge in [-0.15, -0.1) is 0 Å². The molecule has 0 spiro atoms. The molecule has 132 valence electrons. The Bertz CT molecular complexity index is 521. The second-order valence-electron chi connectivity index (χ2n) is 7.71. The number of likely N-dealkylation sites (tertiary alicyclic amines) is 1. The number of ether oxygens (including phenoxy) is 2. The Kier molecular flexibility index (Phi) is 4.74. The molecule has 0 aromatic heterocycles. The van der Waals surface area contributed by atoms with E-state index in [1.165, 1.54) is 45.2 Å². The van der Waals surface area contributed by atoms with Crippen LogP contribution in [0.3, 0.4) is 0 Å². The summed E-state index contributed by atoms with van der Waals surface area (Å²) in [6.07, 6.45) is 13.6. The maximum atomic E-state index is 12.5. The maximum absolute atomic E-state index is 12.5. The van der Waals surface area contributed by atoms with Gasteiger partial charge in [0.1, 0.15) is 12.2 Å². The summed E-state index contributed by atoms with van der Waals surface area (Å²) in [7, 11) is 0. The van der Waals surface area contributed by atoms with Crippen LogP contribution in [-0.2, 0) is 14.3 Å². The fourth-order valence-electron chi connectivity index (χ4n) is 3.95. The normalized spacial score (nSPS) is 34.6. The minimum atomic E-state index is -0.492. The zero-order valence-electron chi connectivity index (χ0n) is 14.3. The van der Waals surface area contributed by atoms with Crippen LogP contribution in [0.1, 0.15) is 32.1 Å². The maximum Gasteiger partial charge on any atom is 0.251 e. The Labute approximate surface area is 144 Å². The molecule has 1 amide bonds. The summed E-state index contributed by atoms with van der Waals surface area (Å²) in [5.41, 5.74) is 0.304. The van der Waals surface area contributed by atoms with E-state index in [0.717, 1.165) is 13.1 Å².